The van der Waals surface area contributed by atoms with Crippen molar-refractivity contribution in [3.63, 3.8) is 0 Å². The van der Waals surface area contributed by atoms with Crippen LogP contribution >= 0.6 is 0 Å². The second-order valence-electron chi connectivity index (χ2n) is 4.51. The van der Waals surface area contributed by atoms with Gasteiger partial charge in [0, 0.05) is 25.8 Å². The van der Waals surface area contributed by atoms with Crippen LogP contribution in [-0.2, 0) is 13.6 Å². The van der Waals surface area contributed by atoms with Crippen LogP contribution in [-0.4, -0.2) is 9.55 Å². The summed E-state index contributed by atoms with van der Waals surface area (Å²) in [5.74, 6) is 0. The number of aromatic nitrogens is 2. The Morgan fingerprint density at radius 2 is 2.00 bits per heavy atom. The molecule has 17 heavy (non-hydrogen) atoms. The van der Waals surface area contributed by atoms with Gasteiger partial charge in [-0.05, 0) is 19.4 Å². The molecule has 1 aromatic heterocycles. The summed E-state index contributed by atoms with van der Waals surface area (Å²) in [5.41, 5.74) is 3.81. The fraction of sp³-hybridized carbons (Fsp3) is 0.357. The smallest absolute Gasteiger partial charge is 0.0945 e. The standard InChI is InChI=1S/C14H19N3/c1-11-4-6-13(7-5-11)12(2)16-9-14-8-15-10-17(14)3/h4-8,10,12,16H,9H2,1-3H3. The molecule has 1 aromatic carbocycles. The molecule has 0 bridgehead atoms. The van der Waals surface area contributed by atoms with Crippen LogP contribution in [0.15, 0.2) is 36.8 Å². The van der Waals surface area contributed by atoms with Gasteiger partial charge in [0.1, 0.15) is 0 Å². The molecule has 0 saturated heterocycles. The largest absolute Gasteiger partial charge is 0.337 e. The predicted octanol–water partition coefficient (Wildman–Crippen LogP) is 2.58. The second kappa shape index (κ2) is 5.15. The van der Waals surface area contributed by atoms with E-state index in [-0.39, 0.29) is 0 Å². The van der Waals surface area contributed by atoms with E-state index in [1.165, 1.54) is 16.8 Å². The Balaban J connectivity index is 1.95. The molecule has 0 aliphatic rings. The first-order valence-electron chi connectivity index (χ1n) is 5.92. The number of rotatable bonds is 4. The van der Waals surface area contributed by atoms with Gasteiger partial charge in [-0.25, -0.2) is 4.98 Å². The van der Waals surface area contributed by atoms with Gasteiger partial charge in [0.05, 0.1) is 12.0 Å². The van der Waals surface area contributed by atoms with Gasteiger partial charge >= 0.3 is 0 Å². The first kappa shape index (κ1) is 11.9. The fourth-order valence-electron chi connectivity index (χ4n) is 1.79. The lowest BCUT2D eigenvalue weighted by molar-refractivity contribution is 0.558. The van der Waals surface area contributed by atoms with Crippen LogP contribution in [0.4, 0.5) is 0 Å². The van der Waals surface area contributed by atoms with Crippen LogP contribution in [0.25, 0.3) is 0 Å². The highest BCUT2D eigenvalue weighted by molar-refractivity contribution is 5.23. The molecule has 0 fully saturated rings. The molecule has 0 saturated carbocycles. The van der Waals surface area contributed by atoms with E-state index in [9.17, 15) is 0 Å². The molecule has 1 atom stereocenters. The second-order valence-corrected chi connectivity index (χ2v) is 4.51. The van der Waals surface area contributed by atoms with Crippen LogP contribution < -0.4 is 5.32 Å². The molecule has 0 aliphatic heterocycles. The van der Waals surface area contributed by atoms with Crippen molar-refractivity contribution in [1.29, 1.82) is 0 Å². The molecular weight excluding hydrogens is 210 g/mol. The van der Waals surface area contributed by atoms with E-state index in [2.05, 4.69) is 48.4 Å². The normalized spacial score (nSPS) is 12.6. The Kier molecular flexibility index (Phi) is 3.59. The summed E-state index contributed by atoms with van der Waals surface area (Å²) in [6.45, 7) is 5.13. The zero-order valence-electron chi connectivity index (χ0n) is 10.6. The van der Waals surface area contributed by atoms with Crippen molar-refractivity contribution >= 4 is 0 Å². The SMILES string of the molecule is Cc1ccc(C(C)NCc2cncn2C)cc1. The van der Waals surface area contributed by atoms with Crippen molar-refractivity contribution < 1.29 is 0 Å². The summed E-state index contributed by atoms with van der Waals surface area (Å²) >= 11 is 0. The van der Waals surface area contributed by atoms with E-state index < -0.39 is 0 Å². The molecule has 1 N–H and O–H groups in total. The molecule has 2 rings (SSSR count). The van der Waals surface area contributed by atoms with Crippen molar-refractivity contribution in [3.8, 4) is 0 Å². The van der Waals surface area contributed by atoms with Gasteiger partial charge in [0.15, 0.2) is 0 Å². The first-order valence-corrected chi connectivity index (χ1v) is 5.92. The average molecular weight is 229 g/mol. The minimum atomic E-state index is 0.352. The summed E-state index contributed by atoms with van der Waals surface area (Å²) in [6.07, 6.45) is 3.72. The fourth-order valence-corrected chi connectivity index (χ4v) is 1.79. The van der Waals surface area contributed by atoms with Gasteiger partial charge in [-0.15, -0.1) is 0 Å². The third-order valence-corrected chi connectivity index (χ3v) is 3.08. The number of aryl methyl sites for hydroxylation is 2. The first-order chi connectivity index (χ1) is 8.16. The zero-order chi connectivity index (χ0) is 12.3. The maximum Gasteiger partial charge on any atom is 0.0945 e. The molecule has 0 radical (unpaired) electrons. The number of hydrogen-bond donors (Lipinski definition) is 1. The summed E-state index contributed by atoms with van der Waals surface area (Å²) in [4.78, 5) is 4.11. The molecule has 3 nitrogen and oxygen atoms in total. The Morgan fingerprint density at radius 1 is 1.29 bits per heavy atom. The molecule has 90 valence electrons. The van der Waals surface area contributed by atoms with Gasteiger partial charge in [-0.3, -0.25) is 0 Å². The molecule has 0 spiro atoms. The minimum absolute atomic E-state index is 0.352. The van der Waals surface area contributed by atoms with E-state index in [4.69, 9.17) is 0 Å². The van der Waals surface area contributed by atoms with Crippen molar-refractivity contribution in [1.82, 2.24) is 14.9 Å². The zero-order valence-corrected chi connectivity index (χ0v) is 10.6. The third kappa shape index (κ3) is 2.94. The van der Waals surface area contributed by atoms with Gasteiger partial charge in [0.2, 0.25) is 0 Å². The highest BCUT2D eigenvalue weighted by Gasteiger charge is 2.05. The Hall–Kier alpha value is -1.61. The van der Waals surface area contributed by atoms with Crippen LogP contribution in [0.5, 0.6) is 0 Å². The highest BCUT2D eigenvalue weighted by atomic mass is 15.0. The van der Waals surface area contributed by atoms with Crippen LogP contribution in [0, 0.1) is 6.92 Å². The van der Waals surface area contributed by atoms with Crippen molar-refractivity contribution in [2.24, 2.45) is 7.05 Å². The van der Waals surface area contributed by atoms with E-state index in [0.29, 0.717) is 6.04 Å². The molecule has 0 amide bonds. The van der Waals surface area contributed by atoms with Gasteiger partial charge in [-0.1, -0.05) is 29.8 Å². The summed E-state index contributed by atoms with van der Waals surface area (Å²) < 4.78 is 2.04. The Bertz CT molecular complexity index is 470. The number of hydrogen-bond acceptors (Lipinski definition) is 2. The average Bonchev–Trinajstić information content (AvgIpc) is 2.73. The maximum absolute atomic E-state index is 4.11. The molecule has 1 heterocycles. The topological polar surface area (TPSA) is 29.9 Å². The Morgan fingerprint density at radius 3 is 2.59 bits per heavy atom. The van der Waals surface area contributed by atoms with Gasteiger partial charge in [0.25, 0.3) is 0 Å². The lowest BCUT2D eigenvalue weighted by Gasteiger charge is -2.14. The van der Waals surface area contributed by atoms with E-state index in [1.807, 2.05) is 24.1 Å². The van der Waals surface area contributed by atoms with E-state index in [0.717, 1.165) is 6.54 Å². The van der Waals surface area contributed by atoms with Gasteiger partial charge in [-0.2, -0.15) is 0 Å². The number of nitrogens with zero attached hydrogens (tertiary/aromatic N) is 2. The number of nitrogens with one attached hydrogen (secondary N) is 1. The van der Waals surface area contributed by atoms with Crippen LogP contribution in [0.1, 0.15) is 29.8 Å². The number of benzene rings is 1. The predicted molar refractivity (Wildman–Crippen MR) is 69.6 cm³/mol. The van der Waals surface area contributed by atoms with Crippen LogP contribution in [0.3, 0.4) is 0 Å². The molecule has 0 aliphatic carbocycles. The van der Waals surface area contributed by atoms with Crippen LogP contribution in [0.2, 0.25) is 0 Å². The van der Waals surface area contributed by atoms with Gasteiger partial charge < -0.3 is 9.88 Å². The quantitative estimate of drug-likeness (QED) is 0.873. The molecule has 3 heteroatoms. The monoisotopic (exact) mass is 229 g/mol. The van der Waals surface area contributed by atoms with E-state index >= 15 is 0 Å². The maximum atomic E-state index is 4.11. The summed E-state index contributed by atoms with van der Waals surface area (Å²) in [7, 11) is 2.01. The van der Waals surface area contributed by atoms with Crippen molar-refractivity contribution in [2.45, 2.75) is 26.4 Å². The third-order valence-electron chi connectivity index (χ3n) is 3.08. The van der Waals surface area contributed by atoms with Crippen molar-refractivity contribution in [2.75, 3.05) is 0 Å². The summed E-state index contributed by atoms with van der Waals surface area (Å²) in [5, 5.41) is 3.50. The highest BCUT2D eigenvalue weighted by Crippen LogP contribution is 2.13. The lowest BCUT2D eigenvalue weighted by Crippen LogP contribution is -2.19. The van der Waals surface area contributed by atoms with E-state index in [1.54, 1.807) is 0 Å². The van der Waals surface area contributed by atoms with Crippen molar-refractivity contribution in [3.05, 3.63) is 53.6 Å². The Labute approximate surface area is 103 Å². The lowest BCUT2D eigenvalue weighted by atomic mass is 10.1. The molecular formula is C14H19N3. The molecule has 1 unspecified atom stereocenters. The minimum Gasteiger partial charge on any atom is -0.337 e. The molecule has 2 aromatic rings. The summed E-state index contributed by atoms with van der Waals surface area (Å²) in [6, 6.07) is 9.01. The number of imidazole rings is 1.